The maximum absolute atomic E-state index is 12.6. The van der Waals surface area contributed by atoms with Crippen molar-refractivity contribution in [1.29, 1.82) is 0 Å². The van der Waals surface area contributed by atoms with Crippen LogP contribution in [0.1, 0.15) is 40.2 Å². The van der Waals surface area contributed by atoms with Crippen LogP contribution in [0.15, 0.2) is 24.3 Å². The van der Waals surface area contributed by atoms with Gasteiger partial charge in [-0.1, -0.05) is 25.6 Å². The average Bonchev–Trinajstić information content (AvgIpc) is 2.88. The first-order valence-corrected chi connectivity index (χ1v) is 16.8. The van der Waals surface area contributed by atoms with Gasteiger partial charge in [0.1, 0.15) is 20.4 Å². The van der Waals surface area contributed by atoms with Crippen molar-refractivity contribution in [3.8, 4) is 17.2 Å². The zero-order chi connectivity index (χ0) is 32.7. The molecule has 0 heterocycles. The van der Waals surface area contributed by atoms with Gasteiger partial charge in [0.05, 0.1) is 6.54 Å². The molecular formula is C29H39NO12Si. The van der Waals surface area contributed by atoms with Crippen LogP contribution >= 0.6 is 0 Å². The molecule has 1 N–H and O–H groups in total. The van der Waals surface area contributed by atoms with E-state index in [1.807, 2.05) is 0 Å². The Hall–Kier alpha value is -4.38. The highest BCUT2D eigenvalue weighted by Crippen LogP contribution is 2.20. The van der Waals surface area contributed by atoms with Crippen LogP contribution < -0.4 is 10.1 Å². The standard InChI is InChI=1S/C29H39NO12Si/c1-18(31)37-16-26(40-20(3)33)29(42-22(5)35)28(41-21(4)34)25(39-19(2)32)15-30-27(36)17-38-24-11-9-23(10-12-24)13-14-43(6,7)8/h9-12,25-26,28-29H,15-17H2,1-8H3,(H,30,36)/t25-,26-,28+,29+/m1/s1. The predicted molar refractivity (Wildman–Crippen MR) is 154 cm³/mol. The second-order valence-corrected chi connectivity index (χ2v) is 15.1. The summed E-state index contributed by atoms with van der Waals surface area (Å²) in [6.07, 6.45) is -6.11. The third kappa shape index (κ3) is 16.0. The van der Waals surface area contributed by atoms with Gasteiger partial charge in [0.2, 0.25) is 0 Å². The lowest BCUT2D eigenvalue weighted by Gasteiger charge is -2.35. The van der Waals surface area contributed by atoms with Crippen LogP contribution in [0.2, 0.25) is 19.6 Å². The molecule has 43 heavy (non-hydrogen) atoms. The number of carbonyl (C=O) groups is 6. The maximum atomic E-state index is 12.6. The second-order valence-electron chi connectivity index (χ2n) is 10.4. The fourth-order valence-electron chi connectivity index (χ4n) is 3.45. The molecule has 0 aromatic heterocycles. The molecule has 1 amide bonds. The molecular weight excluding hydrogens is 582 g/mol. The van der Waals surface area contributed by atoms with Gasteiger partial charge < -0.3 is 33.7 Å². The van der Waals surface area contributed by atoms with Gasteiger partial charge >= 0.3 is 29.8 Å². The first kappa shape index (κ1) is 36.6. The zero-order valence-electron chi connectivity index (χ0n) is 25.6. The predicted octanol–water partition coefficient (Wildman–Crippen LogP) is 1.70. The quantitative estimate of drug-likeness (QED) is 0.138. The molecule has 14 heteroatoms. The van der Waals surface area contributed by atoms with E-state index in [9.17, 15) is 28.8 Å². The van der Waals surface area contributed by atoms with Crippen LogP contribution in [0.5, 0.6) is 5.75 Å². The Bertz CT molecular complexity index is 1210. The van der Waals surface area contributed by atoms with E-state index in [1.54, 1.807) is 24.3 Å². The van der Waals surface area contributed by atoms with E-state index < -0.39 is 88.0 Å². The lowest BCUT2D eigenvalue weighted by Crippen LogP contribution is -2.55. The number of rotatable bonds is 14. The molecule has 0 aliphatic heterocycles. The molecule has 1 aromatic carbocycles. The van der Waals surface area contributed by atoms with Gasteiger partial charge in [-0.2, -0.15) is 0 Å². The van der Waals surface area contributed by atoms with Gasteiger partial charge in [-0.05, 0) is 24.3 Å². The van der Waals surface area contributed by atoms with E-state index in [4.69, 9.17) is 28.4 Å². The summed E-state index contributed by atoms with van der Waals surface area (Å²) in [6.45, 7) is 10.3. The molecule has 1 rings (SSSR count). The lowest BCUT2D eigenvalue weighted by atomic mass is 10.0. The number of carbonyl (C=O) groups excluding carboxylic acids is 6. The van der Waals surface area contributed by atoms with Crippen LogP contribution in [-0.4, -0.2) is 88.0 Å². The number of benzene rings is 1. The molecule has 0 spiro atoms. The van der Waals surface area contributed by atoms with Gasteiger partial charge in [0, 0.05) is 40.2 Å². The van der Waals surface area contributed by atoms with Crippen molar-refractivity contribution >= 4 is 43.8 Å². The van der Waals surface area contributed by atoms with Gasteiger partial charge in [-0.3, -0.25) is 28.8 Å². The Morgan fingerprint density at radius 2 is 1.21 bits per heavy atom. The topological polar surface area (TPSA) is 170 Å². The van der Waals surface area contributed by atoms with Crippen LogP contribution in [0.4, 0.5) is 0 Å². The van der Waals surface area contributed by atoms with Crippen molar-refractivity contribution in [3.05, 3.63) is 29.8 Å². The van der Waals surface area contributed by atoms with Crippen molar-refractivity contribution in [1.82, 2.24) is 5.32 Å². The largest absolute Gasteiger partial charge is 0.484 e. The zero-order valence-corrected chi connectivity index (χ0v) is 26.6. The number of hydrogen-bond acceptors (Lipinski definition) is 12. The minimum atomic E-state index is -1.61. The van der Waals surface area contributed by atoms with E-state index in [2.05, 4.69) is 36.4 Å². The van der Waals surface area contributed by atoms with Gasteiger partial charge in [-0.25, -0.2) is 0 Å². The minimum absolute atomic E-state index is 0.410. The van der Waals surface area contributed by atoms with E-state index in [0.29, 0.717) is 5.75 Å². The molecule has 0 saturated heterocycles. The summed E-state index contributed by atoms with van der Waals surface area (Å²) in [4.78, 5) is 71.9. The molecule has 0 radical (unpaired) electrons. The fraction of sp³-hybridized carbons (Fsp3) is 0.517. The highest BCUT2D eigenvalue weighted by Gasteiger charge is 2.44. The van der Waals surface area contributed by atoms with E-state index in [1.165, 1.54) is 0 Å². The SMILES string of the molecule is CC(=O)OC[C@@H](OC(C)=O)[C@H](OC(C)=O)[C@@H](OC(C)=O)[C@@H](CNC(=O)COc1ccc(C#C[Si](C)(C)C)cc1)OC(C)=O. The highest BCUT2D eigenvalue weighted by atomic mass is 28.3. The Balaban J connectivity index is 3.14. The van der Waals surface area contributed by atoms with Gasteiger partial charge in [0.25, 0.3) is 5.91 Å². The monoisotopic (exact) mass is 621 g/mol. The number of hydrogen-bond donors (Lipinski definition) is 1. The summed E-state index contributed by atoms with van der Waals surface area (Å²) in [5.41, 5.74) is 4.07. The summed E-state index contributed by atoms with van der Waals surface area (Å²) in [6, 6.07) is 6.88. The van der Waals surface area contributed by atoms with Gasteiger partial charge in [0.15, 0.2) is 31.0 Å². The molecule has 0 unspecified atom stereocenters. The maximum Gasteiger partial charge on any atom is 0.303 e. The van der Waals surface area contributed by atoms with E-state index in [-0.39, 0.29) is 0 Å². The molecule has 0 bridgehead atoms. The van der Waals surface area contributed by atoms with E-state index in [0.717, 1.165) is 40.2 Å². The first-order chi connectivity index (χ1) is 20.0. The Morgan fingerprint density at radius 1 is 0.721 bits per heavy atom. The number of amides is 1. The van der Waals surface area contributed by atoms with Crippen molar-refractivity contribution in [2.24, 2.45) is 0 Å². The Labute approximate surface area is 251 Å². The first-order valence-electron chi connectivity index (χ1n) is 13.3. The van der Waals surface area contributed by atoms with Crippen LogP contribution in [0, 0.1) is 11.5 Å². The molecule has 236 valence electrons. The number of ether oxygens (including phenoxy) is 6. The third-order valence-corrected chi connectivity index (χ3v) is 5.93. The van der Waals surface area contributed by atoms with Crippen molar-refractivity contribution < 1.29 is 57.2 Å². The Kier molecular flexibility index (Phi) is 15.0. The highest BCUT2D eigenvalue weighted by molar-refractivity contribution is 6.83. The van der Waals surface area contributed by atoms with Crippen LogP contribution in [-0.2, 0) is 52.5 Å². The van der Waals surface area contributed by atoms with Crippen LogP contribution in [0.25, 0.3) is 0 Å². The summed E-state index contributed by atoms with van der Waals surface area (Å²) < 4.78 is 31.6. The van der Waals surface area contributed by atoms with Crippen molar-refractivity contribution in [2.75, 3.05) is 19.8 Å². The fourth-order valence-corrected chi connectivity index (χ4v) is 3.97. The average molecular weight is 622 g/mol. The Morgan fingerprint density at radius 3 is 1.67 bits per heavy atom. The van der Waals surface area contributed by atoms with Crippen LogP contribution in [0.3, 0.4) is 0 Å². The molecule has 13 nitrogen and oxygen atoms in total. The normalized spacial score (nSPS) is 13.4. The van der Waals surface area contributed by atoms with Crippen molar-refractivity contribution in [2.45, 2.75) is 78.7 Å². The summed E-state index contributed by atoms with van der Waals surface area (Å²) >= 11 is 0. The summed E-state index contributed by atoms with van der Waals surface area (Å²) in [5, 5.41) is 2.51. The molecule has 4 atom stereocenters. The molecule has 0 fully saturated rings. The van der Waals surface area contributed by atoms with E-state index >= 15 is 0 Å². The third-order valence-electron chi connectivity index (χ3n) is 5.05. The van der Waals surface area contributed by atoms with Crippen molar-refractivity contribution in [3.63, 3.8) is 0 Å². The number of nitrogens with one attached hydrogen (secondary N) is 1. The molecule has 0 saturated carbocycles. The summed E-state index contributed by atoms with van der Waals surface area (Å²) in [7, 11) is -1.54. The molecule has 0 aliphatic rings. The lowest BCUT2D eigenvalue weighted by molar-refractivity contribution is -0.202. The van der Waals surface area contributed by atoms with Gasteiger partial charge in [-0.15, -0.1) is 5.54 Å². The smallest absolute Gasteiger partial charge is 0.303 e. The molecule has 0 aliphatic carbocycles. The molecule has 1 aromatic rings. The minimum Gasteiger partial charge on any atom is -0.484 e. The summed E-state index contributed by atoms with van der Waals surface area (Å²) in [5.74, 6) is -1.24. The number of esters is 5. The second kappa shape index (κ2) is 17.5.